The third kappa shape index (κ3) is 7.93. The van der Waals surface area contributed by atoms with E-state index in [1.807, 2.05) is 20.8 Å². The Bertz CT molecular complexity index is 207. The summed E-state index contributed by atoms with van der Waals surface area (Å²) in [5.74, 6) is -0.164. The van der Waals surface area contributed by atoms with Gasteiger partial charge in [0, 0.05) is 12.6 Å². The van der Waals surface area contributed by atoms with Crippen LogP contribution in [-0.2, 0) is 9.59 Å². The van der Waals surface area contributed by atoms with Gasteiger partial charge in [-0.25, -0.2) is 0 Å². The Hall–Kier alpha value is -1.10. The van der Waals surface area contributed by atoms with Crippen LogP contribution in [0.1, 0.15) is 27.2 Å². The second kappa shape index (κ2) is 8.23. The van der Waals surface area contributed by atoms with Crippen molar-refractivity contribution in [3.63, 3.8) is 0 Å². The van der Waals surface area contributed by atoms with Gasteiger partial charge in [0.2, 0.25) is 11.8 Å². The lowest BCUT2D eigenvalue weighted by molar-refractivity contribution is -0.121. The molecule has 0 aliphatic rings. The van der Waals surface area contributed by atoms with E-state index in [4.69, 9.17) is 0 Å². The highest BCUT2D eigenvalue weighted by Crippen LogP contribution is 1.86. The predicted molar refractivity (Wildman–Crippen MR) is 59.4 cm³/mol. The molecule has 1 unspecified atom stereocenters. The molecular formula is C10H21N3O2. The van der Waals surface area contributed by atoms with Gasteiger partial charge < -0.3 is 10.6 Å². The van der Waals surface area contributed by atoms with Crippen molar-refractivity contribution in [3.8, 4) is 0 Å². The maximum atomic E-state index is 11.2. The molecule has 0 saturated carbocycles. The Kier molecular flexibility index (Phi) is 7.62. The van der Waals surface area contributed by atoms with Gasteiger partial charge in [-0.05, 0) is 20.3 Å². The van der Waals surface area contributed by atoms with Crippen LogP contribution in [0.3, 0.4) is 0 Å². The van der Waals surface area contributed by atoms with Gasteiger partial charge in [0.05, 0.1) is 13.1 Å². The van der Waals surface area contributed by atoms with Gasteiger partial charge in [-0.3, -0.25) is 14.9 Å². The summed E-state index contributed by atoms with van der Waals surface area (Å²) in [5, 5.41) is 8.22. The van der Waals surface area contributed by atoms with Crippen LogP contribution in [0.2, 0.25) is 0 Å². The van der Waals surface area contributed by atoms with Crippen molar-refractivity contribution in [1.29, 1.82) is 0 Å². The summed E-state index contributed by atoms with van der Waals surface area (Å²) in [4.78, 5) is 22.2. The fourth-order valence-electron chi connectivity index (χ4n) is 0.977. The predicted octanol–water partition coefficient (Wildman–Crippen LogP) is -0.373. The number of carbonyl (C=O) groups excluding carboxylic acids is 2. The molecule has 0 fully saturated rings. The minimum atomic E-state index is -0.0890. The first-order valence-electron chi connectivity index (χ1n) is 5.36. The first-order valence-corrected chi connectivity index (χ1v) is 5.36. The number of amides is 2. The van der Waals surface area contributed by atoms with Crippen LogP contribution in [0.4, 0.5) is 0 Å². The van der Waals surface area contributed by atoms with Gasteiger partial charge in [-0.1, -0.05) is 6.92 Å². The van der Waals surface area contributed by atoms with Crippen molar-refractivity contribution in [2.24, 2.45) is 0 Å². The van der Waals surface area contributed by atoms with Crippen molar-refractivity contribution in [3.05, 3.63) is 0 Å². The molecule has 0 aliphatic carbocycles. The van der Waals surface area contributed by atoms with E-state index >= 15 is 0 Å². The number of nitrogens with one attached hydrogen (secondary N) is 3. The van der Waals surface area contributed by atoms with Gasteiger partial charge in [0.25, 0.3) is 0 Å². The standard InChI is InChI=1S/C10H21N3O2/c1-4-8(3)13-10(15)7-11-6-9(14)12-5-2/h8,11H,4-7H2,1-3H3,(H,12,14)(H,13,15). The van der Waals surface area contributed by atoms with Gasteiger partial charge in [0.15, 0.2) is 0 Å². The van der Waals surface area contributed by atoms with Crippen molar-refractivity contribution >= 4 is 11.8 Å². The highest BCUT2D eigenvalue weighted by Gasteiger charge is 2.05. The van der Waals surface area contributed by atoms with Gasteiger partial charge >= 0.3 is 0 Å². The molecule has 0 rings (SSSR count). The number of likely N-dealkylation sites (N-methyl/N-ethyl adjacent to an activating group) is 1. The molecule has 0 aromatic rings. The molecule has 0 radical (unpaired) electrons. The van der Waals surface area contributed by atoms with Crippen LogP contribution in [0.5, 0.6) is 0 Å². The zero-order valence-electron chi connectivity index (χ0n) is 9.72. The Labute approximate surface area is 91.0 Å². The van der Waals surface area contributed by atoms with E-state index in [-0.39, 0.29) is 30.9 Å². The molecule has 0 heterocycles. The number of hydrogen-bond acceptors (Lipinski definition) is 3. The maximum absolute atomic E-state index is 11.2. The number of rotatable bonds is 7. The van der Waals surface area contributed by atoms with E-state index in [2.05, 4.69) is 16.0 Å². The van der Waals surface area contributed by atoms with Crippen molar-refractivity contribution in [2.75, 3.05) is 19.6 Å². The molecule has 0 aromatic carbocycles. The second-order valence-corrected chi connectivity index (χ2v) is 3.43. The van der Waals surface area contributed by atoms with Crippen LogP contribution in [0.15, 0.2) is 0 Å². The normalized spacial score (nSPS) is 11.9. The summed E-state index contributed by atoms with van der Waals surface area (Å²) < 4.78 is 0. The molecule has 1 atom stereocenters. The fourth-order valence-corrected chi connectivity index (χ4v) is 0.977. The van der Waals surface area contributed by atoms with Gasteiger partial charge in [-0.15, -0.1) is 0 Å². The van der Waals surface area contributed by atoms with Crippen LogP contribution >= 0.6 is 0 Å². The number of hydrogen-bond donors (Lipinski definition) is 3. The van der Waals surface area contributed by atoms with E-state index in [0.717, 1.165) is 6.42 Å². The third-order valence-electron chi connectivity index (χ3n) is 1.96. The minimum absolute atomic E-state index is 0.0753. The summed E-state index contributed by atoms with van der Waals surface area (Å²) in [7, 11) is 0. The molecule has 0 bridgehead atoms. The molecule has 2 amide bonds. The van der Waals surface area contributed by atoms with E-state index in [1.165, 1.54) is 0 Å². The molecule has 15 heavy (non-hydrogen) atoms. The van der Waals surface area contributed by atoms with Crippen molar-refractivity contribution in [1.82, 2.24) is 16.0 Å². The lowest BCUT2D eigenvalue weighted by Gasteiger charge is -2.11. The van der Waals surface area contributed by atoms with Gasteiger partial charge in [-0.2, -0.15) is 0 Å². The van der Waals surface area contributed by atoms with Gasteiger partial charge in [0.1, 0.15) is 0 Å². The zero-order chi connectivity index (χ0) is 11.7. The lowest BCUT2D eigenvalue weighted by Crippen LogP contribution is -2.42. The summed E-state index contributed by atoms with van der Waals surface area (Å²) in [6.45, 7) is 6.78. The molecular weight excluding hydrogens is 194 g/mol. The first kappa shape index (κ1) is 13.9. The lowest BCUT2D eigenvalue weighted by atomic mass is 10.2. The molecule has 0 saturated heterocycles. The molecule has 0 spiro atoms. The minimum Gasteiger partial charge on any atom is -0.355 e. The molecule has 0 aromatic heterocycles. The Balaban J connectivity index is 3.50. The molecule has 3 N–H and O–H groups in total. The van der Waals surface area contributed by atoms with E-state index in [0.29, 0.717) is 6.54 Å². The summed E-state index contributed by atoms with van der Waals surface area (Å²) in [6.07, 6.45) is 0.905. The highest BCUT2D eigenvalue weighted by molar-refractivity contribution is 5.81. The molecule has 5 nitrogen and oxygen atoms in total. The quantitative estimate of drug-likeness (QED) is 0.542. The molecule has 0 aliphatic heterocycles. The Morgan fingerprint density at radius 1 is 1.13 bits per heavy atom. The fraction of sp³-hybridized carbons (Fsp3) is 0.800. The Morgan fingerprint density at radius 2 is 1.73 bits per heavy atom. The largest absolute Gasteiger partial charge is 0.355 e. The van der Waals surface area contributed by atoms with Crippen LogP contribution in [0.25, 0.3) is 0 Å². The average molecular weight is 215 g/mol. The van der Waals surface area contributed by atoms with Crippen molar-refractivity contribution in [2.45, 2.75) is 33.2 Å². The van der Waals surface area contributed by atoms with E-state index in [1.54, 1.807) is 0 Å². The average Bonchev–Trinajstić information content (AvgIpc) is 2.18. The van der Waals surface area contributed by atoms with Crippen LogP contribution in [-0.4, -0.2) is 37.5 Å². The monoisotopic (exact) mass is 215 g/mol. The topological polar surface area (TPSA) is 70.2 Å². The third-order valence-corrected chi connectivity index (χ3v) is 1.96. The highest BCUT2D eigenvalue weighted by atomic mass is 16.2. The smallest absolute Gasteiger partial charge is 0.234 e. The summed E-state index contributed by atoms with van der Waals surface area (Å²) in [5.41, 5.74) is 0. The summed E-state index contributed by atoms with van der Waals surface area (Å²) in [6, 6.07) is 0.184. The maximum Gasteiger partial charge on any atom is 0.234 e. The van der Waals surface area contributed by atoms with Crippen LogP contribution in [0, 0.1) is 0 Å². The van der Waals surface area contributed by atoms with Crippen LogP contribution < -0.4 is 16.0 Å². The zero-order valence-corrected chi connectivity index (χ0v) is 9.72. The van der Waals surface area contributed by atoms with E-state index < -0.39 is 0 Å². The first-order chi connectivity index (χ1) is 7.10. The second-order valence-electron chi connectivity index (χ2n) is 3.43. The number of carbonyl (C=O) groups is 2. The Morgan fingerprint density at radius 3 is 2.27 bits per heavy atom. The summed E-state index contributed by atoms with van der Waals surface area (Å²) >= 11 is 0. The molecule has 5 heteroatoms. The van der Waals surface area contributed by atoms with E-state index in [9.17, 15) is 9.59 Å². The SMILES string of the molecule is CCNC(=O)CNCC(=O)NC(C)CC. The molecule has 88 valence electrons. The van der Waals surface area contributed by atoms with Crippen molar-refractivity contribution < 1.29 is 9.59 Å².